The molecule has 1 amide bonds. The van der Waals surface area contributed by atoms with Gasteiger partial charge in [0, 0.05) is 6.08 Å². The van der Waals surface area contributed by atoms with Crippen molar-refractivity contribution in [2.24, 2.45) is 5.10 Å². The smallest absolute Gasteiger partial charge is 0.250 e. The number of anilines is 1. The van der Waals surface area contributed by atoms with Gasteiger partial charge in [-0.3, -0.25) is 10.1 Å². The van der Waals surface area contributed by atoms with Crippen molar-refractivity contribution in [1.82, 2.24) is 5.32 Å². The summed E-state index contributed by atoms with van der Waals surface area (Å²) in [5, 5.41) is 8.89. The number of nitrogens with one attached hydrogen (secondary N) is 1. The first-order chi connectivity index (χ1) is 13.7. The molecule has 4 nitrogen and oxygen atoms in total. The molecule has 0 spiro atoms. The van der Waals surface area contributed by atoms with Crippen LogP contribution >= 0.6 is 12.2 Å². The molecule has 0 saturated heterocycles. The van der Waals surface area contributed by atoms with Crippen LogP contribution in [0.2, 0.25) is 0 Å². The molecule has 0 heterocycles. The highest BCUT2D eigenvalue weighted by Gasteiger charge is 2.12. The number of hydrogen-bond acceptors (Lipinski definition) is 3. The quantitative estimate of drug-likeness (QED) is 0.301. The van der Waals surface area contributed by atoms with Gasteiger partial charge in [0.2, 0.25) is 11.0 Å². The van der Waals surface area contributed by atoms with Gasteiger partial charge in [-0.25, -0.2) is 5.01 Å². The van der Waals surface area contributed by atoms with Gasteiger partial charge in [0.25, 0.3) is 0 Å². The lowest BCUT2D eigenvalue weighted by Gasteiger charge is -2.19. The number of rotatable bonds is 5. The molecule has 3 rings (SSSR count). The number of carbonyl (C=O) groups excluding carboxylic acids is 1. The summed E-state index contributed by atoms with van der Waals surface area (Å²) in [6, 6.07) is 28.7. The Bertz CT molecular complexity index is 971. The fourth-order valence-corrected chi connectivity index (χ4v) is 2.66. The lowest BCUT2D eigenvalue weighted by molar-refractivity contribution is -0.115. The molecule has 28 heavy (non-hydrogen) atoms. The molecule has 0 bridgehead atoms. The number of thiocarbonyl (C=S) groups is 1. The lowest BCUT2D eigenvalue weighted by Crippen LogP contribution is -2.39. The third-order valence-electron chi connectivity index (χ3n) is 3.77. The van der Waals surface area contributed by atoms with E-state index >= 15 is 0 Å². The van der Waals surface area contributed by atoms with E-state index in [1.54, 1.807) is 12.3 Å². The molecule has 0 aromatic heterocycles. The Morgan fingerprint density at radius 3 is 1.96 bits per heavy atom. The Labute approximate surface area is 169 Å². The van der Waals surface area contributed by atoms with Crippen LogP contribution < -0.4 is 10.3 Å². The summed E-state index contributed by atoms with van der Waals surface area (Å²) in [7, 11) is 0. The summed E-state index contributed by atoms with van der Waals surface area (Å²) in [5.41, 5.74) is 2.62. The fourth-order valence-electron chi connectivity index (χ4n) is 2.41. The van der Waals surface area contributed by atoms with E-state index in [4.69, 9.17) is 12.2 Å². The molecule has 3 aromatic carbocycles. The second kappa shape index (κ2) is 9.94. The van der Waals surface area contributed by atoms with Crippen molar-refractivity contribution in [3.63, 3.8) is 0 Å². The SMILES string of the molecule is O=C(/C=C/c1ccccc1)NC(=S)N(/N=C/c1ccccc1)c1ccccc1. The maximum absolute atomic E-state index is 12.3. The van der Waals surface area contributed by atoms with E-state index in [1.165, 1.54) is 11.1 Å². The second-order valence-corrected chi connectivity index (χ2v) is 6.23. The van der Waals surface area contributed by atoms with Crippen LogP contribution in [-0.4, -0.2) is 17.2 Å². The molecule has 0 aliphatic rings. The van der Waals surface area contributed by atoms with Gasteiger partial charge in [-0.1, -0.05) is 78.9 Å². The number of hydrogen-bond donors (Lipinski definition) is 1. The zero-order valence-corrected chi connectivity index (χ0v) is 15.9. The van der Waals surface area contributed by atoms with Gasteiger partial charge in [0.1, 0.15) is 0 Å². The normalized spacial score (nSPS) is 10.9. The molecule has 0 aliphatic heterocycles. The van der Waals surface area contributed by atoms with E-state index in [2.05, 4.69) is 10.4 Å². The van der Waals surface area contributed by atoms with Gasteiger partial charge in [0.15, 0.2) is 0 Å². The van der Waals surface area contributed by atoms with Crippen LogP contribution in [0.3, 0.4) is 0 Å². The predicted octanol–water partition coefficient (Wildman–Crippen LogP) is 4.64. The Morgan fingerprint density at radius 2 is 1.36 bits per heavy atom. The zero-order valence-electron chi connectivity index (χ0n) is 15.1. The molecule has 138 valence electrons. The summed E-state index contributed by atoms with van der Waals surface area (Å²) >= 11 is 5.43. The minimum absolute atomic E-state index is 0.195. The number of para-hydroxylation sites is 1. The van der Waals surface area contributed by atoms with Gasteiger partial charge >= 0.3 is 0 Å². The minimum atomic E-state index is -0.315. The van der Waals surface area contributed by atoms with Crippen LogP contribution in [0.25, 0.3) is 6.08 Å². The van der Waals surface area contributed by atoms with Crippen molar-refractivity contribution < 1.29 is 4.79 Å². The summed E-state index contributed by atoms with van der Waals surface area (Å²) in [4.78, 5) is 12.3. The third kappa shape index (κ3) is 5.72. The Morgan fingerprint density at radius 1 is 0.821 bits per heavy atom. The predicted molar refractivity (Wildman–Crippen MR) is 119 cm³/mol. The average molecular weight is 385 g/mol. The molecule has 0 saturated carbocycles. The first kappa shape index (κ1) is 19.2. The van der Waals surface area contributed by atoms with E-state index < -0.39 is 0 Å². The Hall–Kier alpha value is -3.57. The van der Waals surface area contributed by atoms with Crippen LogP contribution in [0, 0.1) is 0 Å². The van der Waals surface area contributed by atoms with Crippen molar-refractivity contribution in [1.29, 1.82) is 0 Å². The average Bonchev–Trinajstić information content (AvgIpc) is 2.75. The standard InChI is InChI=1S/C23H19N3OS/c27-22(17-16-19-10-4-1-5-11-19)25-23(28)26(21-14-8-3-9-15-21)24-18-20-12-6-2-7-13-20/h1-18H,(H,25,27,28)/b17-16+,24-18+. The summed E-state index contributed by atoms with van der Waals surface area (Å²) in [6.07, 6.45) is 4.88. The monoisotopic (exact) mass is 385 g/mol. The van der Waals surface area contributed by atoms with E-state index in [0.29, 0.717) is 0 Å². The van der Waals surface area contributed by atoms with E-state index in [0.717, 1.165) is 16.8 Å². The molecule has 1 N–H and O–H groups in total. The topological polar surface area (TPSA) is 44.7 Å². The van der Waals surface area contributed by atoms with Crippen molar-refractivity contribution in [2.75, 3.05) is 5.01 Å². The van der Waals surface area contributed by atoms with E-state index in [-0.39, 0.29) is 11.0 Å². The lowest BCUT2D eigenvalue weighted by atomic mass is 10.2. The molecule has 0 unspecified atom stereocenters. The Balaban J connectivity index is 1.74. The third-order valence-corrected chi connectivity index (χ3v) is 4.05. The van der Waals surface area contributed by atoms with E-state index in [9.17, 15) is 4.79 Å². The van der Waals surface area contributed by atoms with Crippen molar-refractivity contribution >= 4 is 41.2 Å². The molecular weight excluding hydrogens is 366 g/mol. The number of nitrogens with zero attached hydrogens (tertiary/aromatic N) is 2. The van der Waals surface area contributed by atoms with Crippen LogP contribution in [-0.2, 0) is 4.79 Å². The highest BCUT2D eigenvalue weighted by Crippen LogP contribution is 2.14. The molecule has 0 radical (unpaired) electrons. The number of benzene rings is 3. The molecule has 3 aromatic rings. The van der Waals surface area contributed by atoms with Crippen LogP contribution in [0.4, 0.5) is 5.69 Å². The second-order valence-electron chi connectivity index (χ2n) is 5.84. The highest BCUT2D eigenvalue weighted by molar-refractivity contribution is 7.80. The first-order valence-corrected chi connectivity index (χ1v) is 9.15. The Kier molecular flexibility index (Phi) is 6.82. The van der Waals surface area contributed by atoms with Crippen molar-refractivity contribution in [3.8, 4) is 0 Å². The fraction of sp³-hybridized carbons (Fsp3) is 0. The van der Waals surface area contributed by atoms with Crippen molar-refractivity contribution in [3.05, 3.63) is 108 Å². The molecule has 0 fully saturated rings. The maximum atomic E-state index is 12.3. The zero-order chi connectivity index (χ0) is 19.6. The van der Waals surface area contributed by atoms with Gasteiger partial charge in [-0.15, -0.1) is 0 Å². The van der Waals surface area contributed by atoms with Gasteiger partial charge < -0.3 is 0 Å². The van der Waals surface area contributed by atoms with Gasteiger partial charge in [-0.05, 0) is 41.6 Å². The van der Waals surface area contributed by atoms with Gasteiger partial charge in [0.05, 0.1) is 11.9 Å². The van der Waals surface area contributed by atoms with Crippen LogP contribution in [0.1, 0.15) is 11.1 Å². The van der Waals surface area contributed by atoms with E-state index in [1.807, 2.05) is 91.0 Å². The van der Waals surface area contributed by atoms with Crippen molar-refractivity contribution in [2.45, 2.75) is 0 Å². The molecule has 5 heteroatoms. The summed E-state index contributed by atoms with van der Waals surface area (Å²) in [5.74, 6) is -0.315. The molecule has 0 aliphatic carbocycles. The van der Waals surface area contributed by atoms with Crippen LogP contribution in [0.15, 0.2) is 102 Å². The largest absolute Gasteiger partial charge is 0.298 e. The van der Waals surface area contributed by atoms with Crippen LogP contribution in [0.5, 0.6) is 0 Å². The number of carbonyl (C=O) groups is 1. The first-order valence-electron chi connectivity index (χ1n) is 8.75. The number of amides is 1. The van der Waals surface area contributed by atoms with Gasteiger partial charge in [-0.2, -0.15) is 5.10 Å². The number of hydrazone groups is 1. The maximum Gasteiger partial charge on any atom is 0.250 e. The highest BCUT2D eigenvalue weighted by atomic mass is 32.1. The molecule has 0 atom stereocenters. The summed E-state index contributed by atoms with van der Waals surface area (Å²) in [6.45, 7) is 0. The summed E-state index contributed by atoms with van der Waals surface area (Å²) < 4.78 is 0. The molecular formula is C23H19N3OS. The minimum Gasteiger partial charge on any atom is -0.298 e.